The highest BCUT2D eigenvalue weighted by Gasteiger charge is 2.61. The van der Waals surface area contributed by atoms with Gasteiger partial charge in [0, 0.05) is 6.04 Å². The quantitative estimate of drug-likeness (QED) is 0.811. The van der Waals surface area contributed by atoms with Crippen LogP contribution in [-0.2, 0) is 4.79 Å². The van der Waals surface area contributed by atoms with Crippen LogP contribution in [0.15, 0.2) is 0 Å². The van der Waals surface area contributed by atoms with Gasteiger partial charge in [-0.1, -0.05) is 34.6 Å². The summed E-state index contributed by atoms with van der Waals surface area (Å²) in [5, 5.41) is 12.9. The molecule has 2 aliphatic carbocycles. The van der Waals surface area contributed by atoms with Crippen LogP contribution in [0.1, 0.15) is 53.9 Å². The van der Waals surface area contributed by atoms with Crippen molar-refractivity contribution in [2.45, 2.75) is 66.0 Å². The molecule has 4 atom stereocenters. The van der Waals surface area contributed by atoms with Crippen molar-refractivity contribution in [1.29, 1.82) is 0 Å². The number of carbonyl (C=O) groups excluding carboxylic acids is 1. The highest BCUT2D eigenvalue weighted by atomic mass is 16.3. The molecule has 0 unspecified atom stereocenters. The Kier molecular flexibility index (Phi) is 3.25. The van der Waals surface area contributed by atoms with E-state index in [0.29, 0.717) is 11.3 Å². The van der Waals surface area contributed by atoms with Crippen molar-refractivity contribution in [3.63, 3.8) is 0 Å². The van der Waals surface area contributed by atoms with Crippen LogP contribution in [0.4, 0.5) is 0 Å². The molecule has 3 nitrogen and oxygen atoms in total. The molecular formula is C15H27NO2. The lowest BCUT2D eigenvalue weighted by Gasteiger charge is -2.39. The maximum absolute atomic E-state index is 12.0. The Hall–Kier alpha value is -0.570. The van der Waals surface area contributed by atoms with E-state index in [9.17, 15) is 9.90 Å². The molecule has 18 heavy (non-hydrogen) atoms. The number of hydrogen-bond donors (Lipinski definition) is 2. The summed E-state index contributed by atoms with van der Waals surface area (Å²) in [5.74, 6) is 0.493. The molecule has 0 aromatic carbocycles. The summed E-state index contributed by atoms with van der Waals surface area (Å²) in [6, 6.07) is 0.229. The molecule has 0 saturated heterocycles. The molecule has 2 aliphatic rings. The van der Waals surface area contributed by atoms with Crippen molar-refractivity contribution in [2.75, 3.05) is 0 Å². The first kappa shape index (κ1) is 13.9. The summed E-state index contributed by atoms with van der Waals surface area (Å²) >= 11 is 0. The molecule has 0 aliphatic heterocycles. The third-order valence-corrected chi connectivity index (χ3v) is 6.01. The third kappa shape index (κ3) is 1.78. The molecule has 0 aromatic heterocycles. The van der Waals surface area contributed by atoms with Crippen LogP contribution in [0.5, 0.6) is 0 Å². The lowest BCUT2D eigenvalue weighted by atomic mass is 9.69. The second-order valence-electron chi connectivity index (χ2n) is 7.36. The first-order chi connectivity index (χ1) is 8.20. The van der Waals surface area contributed by atoms with Crippen molar-refractivity contribution in [3.8, 4) is 0 Å². The smallest absolute Gasteiger partial charge is 0.249 e. The summed E-state index contributed by atoms with van der Waals surface area (Å²) in [6.45, 7) is 10.7. The van der Waals surface area contributed by atoms with Gasteiger partial charge in [0.25, 0.3) is 0 Å². The zero-order valence-corrected chi connectivity index (χ0v) is 12.3. The van der Waals surface area contributed by atoms with Gasteiger partial charge in [-0.3, -0.25) is 4.79 Å². The third-order valence-electron chi connectivity index (χ3n) is 6.01. The fourth-order valence-corrected chi connectivity index (χ4v) is 3.98. The Labute approximate surface area is 110 Å². The number of hydrogen-bond acceptors (Lipinski definition) is 2. The van der Waals surface area contributed by atoms with Gasteiger partial charge in [0.15, 0.2) is 0 Å². The number of amides is 1. The Balaban J connectivity index is 2.07. The van der Waals surface area contributed by atoms with Crippen LogP contribution in [0, 0.1) is 22.7 Å². The van der Waals surface area contributed by atoms with Crippen LogP contribution in [0.25, 0.3) is 0 Å². The average Bonchev–Trinajstić information content (AvgIpc) is 2.60. The first-order valence-electron chi connectivity index (χ1n) is 7.18. The molecule has 3 heteroatoms. The second kappa shape index (κ2) is 4.22. The number of aliphatic hydroxyl groups excluding tert-OH is 1. The van der Waals surface area contributed by atoms with Gasteiger partial charge in [0.1, 0.15) is 6.10 Å². The Bertz CT molecular complexity index is 350. The summed E-state index contributed by atoms with van der Waals surface area (Å²) in [6.07, 6.45) is 2.66. The number of aliphatic hydroxyl groups is 1. The fourth-order valence-electron chi connectivity index (χ4n) is 3.98. The Morgan fingerprint density at radius 1 is 1.33 bits per heavy atom. The highest BCUT2D eigenvalue weighted by molar-refractivity contribution is 5.81. The van der Waals surface area contributed by atoms with Crippen molar-refractivity contribution < 1.29 is 9.90 Å². The molecule has 0 radical (unpaired) electrons. The molecule has 2 saturated carbocycles. The summed E-state index contributed by atoms with van der Waals surface area (Å²) in [7, 11) is 0. The average molecular weight is 253 g/mol. The summed E-state index contributed by atoms with van der Waals surface area (Å²) in [5.41, 5.74) is 0.484. The lowest BCUT2D eigenvalue weighted by Crippen LogP contribution is -2.50. The highest BCUT2D eigenvalue weighted by Crippen LogP contribution is 2.65. The normalized spacial score (nSPS) is 39.1. The van der Waals surface area contributed by atoms with Gasteiger partial charge >= 0.3 is 0 Å². The summed E-state index contributed by atoms with van der Waals surface area (Å²) in [4.78, 5) is 12.0. The van der Waals surface area contributed by atoms with E-state index in [4.69, 9.17) is 0 Å². The van der Waals surface area contributed by atoms with Gasteiger partial charge in [-0.15, -0.1) is 0 Å². The van der Waals surface area contributed by atoms with Gasteiger partial charge in [-0.05, 0) is 41.9 Å². The topological polar surface area (TPSA) is 49.3 Å². The maximum atomic E-state index is 12.0. The SMILES string of the molecule is CC(C)[C@@H](O)C(=O)N[C@@H]1C[C@@H]2CC[C@@]1(C)C2(C)C. The molecule has 2 rings (SSSR count). The molecule has 1 amide bonds. The number of nitrogens with one attached hydrogen (secondary N) is 1. The van der Waals surface area contributed by atoms with Crippen molar-refractivity contribution in [3.05, 3.63) is 0 Å². The molecule has 2 N–H and O–H groups in total. The minimum absolute atomic E-state index is 0.0237. The van der Waals surface area contributed by atoms with E-state index in [1.807, 2.05) is 13.8 Å². The van der Waals surface area contributed by atoms with Gasteiger partial charge in [0.05, 0.1) is 0 Å². The number of rotatable bonds is 3. The molecule has 0 aromatic rings. The Morgan fingerprint density at radius 2 is 1.94 bits per heavy atom. The van der Waals surface area contributed by atoms with E-state index in [1.165, 1.54) is 12.8 Å². The molecule has 2 fully saturated rings. The van der Waals surface area contributed by atoms with Crippen LogP contribution in [0.3, 0.4) is 0 Å². The molecule has 0 heterocycles. The molecular weight excluding hydrogens is 226 g/mol. The predicted octanol–water partition coefficient (Wildman–Crippen LogP) is 2.33. The molecule has 0 spiro atoms. The maximum Gasteiger partial charge on any atom is 0.249 e. The van der Waals surface area contributed by atoms with Gasteiger partial charge in [0.2, 0.25) is 5.91 Å². The van der Waals surface area contributed by atoms with E-state index in [2.05, 4.69) is 26.1 Å². The monoisotopic (exact) mass is 253 g/mol. The van der Waals surface area contributed by atoms with E-state index >= 15 is 0 Å². The van der Waals surface area contributed by atoms with Gasteiger partial charge < -0.3 is 10.4 Å². The Morgan fingerprint density at radius 3 is 2.33 bits per heavy atom. The van der Waals surface area contributed by atoms with E-state index in [0.717, 1.165) is 6.42 Å². The lowest BCUT2D eigenvalue weighted by molar-refractivity contribution is -0.133. The largest absolute Gasteiger partial charge is 0.383 e. The predicted molar refractivity (Wildman–Crippen MR) is 72.0 cm³/mol. The van der Waals surface area contributed by atoms with Crippen LogP contribution in [0.2, 0.25) is 0 Å². The zero-order valence-electron chi connectivity index (χ0n) is 12.3. The van der Waals surface area contributed by atoms with Crippen molar-refractivity contribution in [2.24, 2.45) is 22.7 Å². The number of fused-ring (bicyclic) bond motifs is 2. The van der Waals surface area contributed by atoms with Crippen LogP contribution >= 0.6 is 0 Å². The van der Waals surface area contributed by atoms with E-state index in [-0.39, 0.29) is 23.3 Å². The second-order valence-corrected chi connectivity index (χ2v) is 7.36. The first-order valence-corrected chi connectivity index (χ1v) is 7.18. The summed E-state index contributed by atoms with van der Waals surface area (Å²) < 4.78 is 0. The van der Waals surface area contributed by atoms with Crippen LogP contribution in [-0.4, -0.2) is 23.2 Å². The van der Waals surface area contributed by atoms with Crippen LogP contribution < -0.4 is 5.32 Å². The number of carbonyl (C=O) groups is 1. The minimum Gasteiger partial charge on any atom is -0.383 e. The van der Waals surface area contributed by atoms with Crippen molar-refractivity contribution >= 4 is 5.91 Å². The van der Waals surface area contributed by atoms with Gasteiger partial charge in [-0.25, -0.2) is 0 Å². The van der Waals surface area contributed by atoms with E-state index < -0.39 is 6.10 Å². The zero-order chi connectivity index (χ0) is 13.7. The van der Waals surface area contributed by atoms with E-state index in [1.54, 1.807) is 0 Å². The minimum atomic E-state index is -0.879. The standard InChI is InChI=1S/C15H27NO2/c1-9(2)12(17)13(18)16-11-8-10-6-7-15(11,5)14(10,3)4/h9-12,17H,6-8H2,1-5H3,(H,16,18)/t10-,11+,12+,15+/m0/s1. The molecule has 104 valence electrons. The van der Waals surface area contributed by atoms with Gasteiger partial charge in [-0.2, -0.15) is 0 Å². The van der Waals surface area contributed by atoms with Crippen molar-refractivity contribution in [1.82, 2.24) is 5.32 Å². The molecule has 2 bridgehead atoms. The fraction of sp³-hybridized carbons (Fsp3) is 0.933.